The molecule has 5 heteroatoms. The van der Waals surface area contributed by atoms with E-state index in [-0.39, 0.29) is 5.75 Å². The van der Waals surface area contributed by atoms with E-state index in [2.05, 4.69) is 0 Å². The molecular formula is C13H10O4S. The summed E-state index contributed by atoms with van der Waals surface area (Å²) in [6.07, 6.45) is 2.92. The summed E-state index contributed by atoms with van der Waals surface area (Å²) in [6.45, 7) is 0. The molecule has 1 aliphatic carbocycles. The van der Waals surface area contributed by atoms with Crippen LogP contribution in [0.1, 0.15) is 5.56 Å². The Morgan fingerprint density at radius 3 is 2.28 bits per heavy atom. The molecule has 0 bridgehead atoms. The van der Waals surface area contributed by atoms with Crippen molar-refractivity contribution >= 4 is 21.4 Å². The van der Waals surface area contributed by atoms with Crippen LogP contribution in [0, 0.1) is 0 Å². The molecular weight excluding hydrogens is 252 g/mol. The molecule has 1 aliphatic rings. The van der Waals surface area contributed by atoms with Gasteiger partial charge in [0.15, 0.2) is 21.4 Å². The SMILES string of the molecule is O=C1C=CC(=O)C(S(=O)(=O)Cc2ccccc2)=C1. The third kappa shape index (κ3) is 2.62. The summed E-state index contributed by atoms with van der Waals surface area (Å²) in [5.41, 5.74) is 0.577. The first kappa shape index (κ1) is 12.4. The highest BCUT2D eigenvalue weighted by atomic mass is 32.2. The Kier molecular flexibility index (Phi) is 3.25. The highest BCUT2D eigenvalue weighted by Gasteiger charge is 2.26. The summed E-state index contributed by atoms with van der Waals surface area (Å²) in [6, 6.07) is 8.51. The summed E-state index contributed by atoms with van der Waals surface area (Å²) < 4.78 is 24.1. The number of carbonyl (C=O) groups excluding carboxylic acids is 2. The Hall–Kier alpha value is -2.01. The number of carbonyl (C=O) groups is 2. The standard InChI is InChI=1S/C13H10O4S/c14-11-6-7-12(15)13(8-11)18(16,17)9-10-4-2-1-3-5-10/h1-8H,9H2. The van der Waals surface area contributed by atoms with Gasteiger partial charge in [0, 0.05) is 6.08 Å². The van der Waals surface area contributed by atoms with Gasteiger partial charge in [-0.1, -0.05) is 30.3 Å². The number of benzene rings is 1. The summed E-state index contributed by atoms with van der Waals surface area (Å²) in [7, 11) is -3.78. The molecule has 1 aromatic rings. The van der Waals surface area contributed by atoms with Crippen LogP contribution in [-0.2, 0) is 25.2 Å². The molecule has 1 aromatic carbocycles. The van der Waals surface area contributed by atoms with Crippen molar-refractivity contribution in [2.75, 3.05) is 0 Å². The van der Waals surface area contributed by atoms with Gasteiger partial charge in [0.25, 0.3) is 0 Å². The maximum atomic E-state index is 12.0. The van der Waals surface area contributed by atoms with E-state index in [0.29, 0.717) is 5.56 Å². The zero-order valence-electron chi connectivity index (χ0n) is 9.37. The van der Waals surface area contributed by atoms with E-state index >= 15 is 0 Å². The second kappa shape index (κ2) is 4.70. The van der Waals surface area contributed by atoms with Crippen molar-refractivity contribution in [2.45, 2.75) is 5.75 Å². The summed E-state index contributed by atoms with van der Waals surface area (Å²) in [4.78, 5) is 22.2. The van der Waals surface area contributed by atoms with Crippen LogP contribution in [0.4, 0.5) is 0 Å². The van der Waals surface area contributed by atoms with Crippen LogP contribution >= 0.6 is 0 Å². The molecule has 0 amide bonds. The molecule has 0 unspecified atom stereocenters. The van der Waals surface area contributed by atoms with E-state index in [1.54, 1.807) is 30.3 Å². The molecule has 0 spiro atoms. The van der Waals surface area contributed by atoms with Gasteiger partial charge in [0.1, 0.15) is 4.91 Å². The topological polar surface area (TPSA) is 68.3 Å². The van der Waals surface area contributed by atoms with Gasteiger partial charge in [-0.25, -0.2) is 8.42 Å². The molecule has 0 heterocycles. The molecule has 0 saturated heterocycles. The van der Waals surface area contributed by atoms with Crippen LogP contribution in [0.2, 0.25) is 0 Å². The lowest BCUT2D eigenvalue weighted by molar-refractivity contribution is -0.114. The Bertz CT molecular complexity index is 651. The van der Waals surface area contributed by atoms with Crippen molar-refractivity contribution in [1.29, 1.82) is 0 Å². The molecule has 18 heavy (non-hydrogen) atoms. The molecule has 4 nitrogen and oxygen atoms in total. The van der Waals surface area contributed by atoms with Crippen LogP contribution < -0.4 is 0 Å². The van der Waals surface area contributed by atoms with Crippen LogP contribution in [0.5, 0.6) is 0 Å². The lowest BCUT2D eigenvalue weighted by atomic mass is 10.2. The molecule has 0 aliphatic heterocycles. The number of rotatable bonds is 3. The second-order valence-electron chi connectivity index (χ2n) is 3.85. The molecule has 0 aromatic heterocycles. The Morgan fingerprint density at radius 2 is 1.61 bits per heavy atom. The third-order valence-corrected chi connectivity index (χ3v) is 4.15. The van der Waals surface area contributed by atoms with Crippen molar-refractivity contribution in [2.24, 2.45) is 0 Å². The first-order valence-electron chi connectivity index (χ1n) is 5.24. The van der Waals surface area contributed by atoms with Gasteiger partial charge in [-0.15, -0.1) is 0 Å². The Balaban J connectivity index is 2.33. The summed E-state index contributed by atoms with van der Waals surface area (Å²) >= 11 is 0. The monoisotopic (exact) mass is 262 g/mol. The van der Waals surface area contributed by atoms with Crippen molar-refractivity contribution in [1.82, 2.24) is 0 Å². The normalized spacial score (nSPS) is 15.7. The predicted octanol–water partition coefficient (Wildman–Crippen LogP) is 1.19. The fraction of sp³-hybridized carbons (Fsp3) is 0.0769. The van der Waals surface area contributed by atoms with Gasteiger partial charge in [0.05, 0.1) is 5.75 Å². The van der Waals surface area contributed by atoms with Gasteiger partial charge in [-0.2, -0.15) is 0 Å². The molecule has 0 N–H and O–H groups in total. The maximum Gasteiger partial charge on any atom is 0.197 e. The smallest absolute Gasteiger partial charge is 0.197 e. The number of hydrogen-bond acceptors (Lipinski definition) is 4. The fourth-order valence-corrected chi connectivity index (χ4v) is 3.06. The lowest BCUT2D eigenvalue weighted by Gasteiger charge is -2.08. The van der Waals surface area contributed by atoms with Crippen LogP contribution in [0.25, 0.3) is 0 Å². The highest BCUT2D eigenvalue weighted by molar-refractivity contribution is 7.95. The number of sulfone groups is 1. The minimum absolute atomic E-state index is 0.285. The molecule has 2 rings (SSSR count). The maximum absolute atomic E-state index is 12.0. The van der Waals surface area contributed by atoms with Crippen LogP contribution in [0.3, 0.4) is 0 Å². The lowest BCUT2D eigenvalue weighted by Crippen LogP contribution is -2.18. The van der Waals surface area contributed by atoms with E-state index in [9.17, 15) is 18.0 Å². The zero-order valence-corrected chi connectivity index (χ0v) is 10.2. The van der Waals surface area contributed by atoms with E-state index < -0.39 is 26.3 Å². The predicted molar refractivity (Wildman–Crippen MR) is 66.3 cm³/mol. The first-order chi connectivity index (χ1) is 8.49. The first-order valence-corrected chi connectivity index (χ1v) is 6.89. The zero-order chi connectivity index (χ0) is 13.2. The van der Waals surface area contributed by atoms with Gasteiger partial charge in [-0.05, 0) is 17.7 Å². The molecule has 0 atom stereocenters. The average molecular weight is 262 g/mol. The molecule has 92 valence electrons. The number of allylic oxidation sites excluding steroid dienone is 4. The van der Waals surface area contributed by atoms with Crippen molar-refractivity contribution in [3.05, 3.63) is 59.0 Å². The minimum Gasteiger partial charge on any atom is -0.290 e. The number of hydrogen-bond donors (Lipinski definition) is 0. The van der Waals surface area contributed by atoms with E-state index in [1.165, 1.54) is 0 Å². The summed E-state index contributed by atoms with van der Waals surface area (Å²) in [5, 5.41) is 0. The summed E-state index contributed by atoms with van der Waals surface area (Å²) in [5.74, 6) is -1.42. The fourth-order valence-electron chi connectivity index (χ4n) is 1.60. The van der Waals surface area contributed by atoms with E-state index in [1.807, 2.05) is 0 Å². The second-order valence-corrected chi connectivity index (χ2v) is 5.81. The minimum atomic E-state index is -3.78. The van der Waals surface area contributed by atoms with Crippen LogP contribution in [-0.4, -0.2) is 20.0 Å². The van der Waals surface area contributed by atoms with Crippen molar-refractivity contribution < 1.29 is 18.0 Å². The molecule has 0 fully saturated rings. The quantitative estimate of drug-likeness (QED) is 0.767. The third-order valence-electron chi connectivity index (χ3n) is 2.45. The Labute approximate surface area is 105 Å². The van der Waals surface area contributed by atoms with Crippen molar-refractivity contribution in [3.63, 3.8) is 0 Å². The molecule has 0 saturated carbocycles. The van der Waals surface area contributed by atoms with Crippen molar-refractivity contribution in [3.8, 4) is 0 Å². The van der Waals surface area contributed by atoms with E-state index in [4.69, 9.17) is 0 Å². The van der Waals surface area contributed by atoms with Gasteiger partial charge in [-0.3, -0.25) is 9.59 Å². The molecule has 0 radical (unpaired) electrons. The number of ketones is 2. The highest BCUT2D eigenvalue weighted by Crippen LogP contribution is 2.18. The van der Waals surface area contributed by atoms with E-state index in [0.717, 1.165) is 18.2 Å². The van der Waals surface area contributed by atoms with Gasteiger partial charge < -0.3 is 0 Å². The van der Waals surface area contributed by atoms with Crippen LogP contribution in [0.15, 0.2) is 53.5 Å². The van der Waals surface area contributed by atoms with Gasteiger partial charge in [0.2, 0.25) is 0 Å². The largest absolute Gasteiger partial charge is 0.290 e. The van der Waals surface area contributed by atoms with Gasteiger partial charge >= 0.3 is 0 Å². The average Bonchev–Trinajstić information content (AvgIpc) is 2.33. The Morgan fingerprint density at radius 1 is 0.944 bits per heavy atom.